The highest BCUT2D eigenvalue weighted by molar-refractivity contribution is 5.93. The Hall–Kier alpha value is -1.12. The lowest BCUT2D eigenvalue weighted by atomic mass is 9.98. The summed E-state index contributed by atoms with van der Waals surface area (Å²) < 4.78 is 4.92. The molecule has 3 nitrogen and oxygen atoms in total. The minimum Gasteiger partial charge on any atom is -0.442 e. The van der Waals surface area contributed by atoms with E-state index < -0.39 is 0 Å². The SMILES string of the molecule is CCC(CC)C(=O)c1ncco1. The summed E-state index contributed by atoms with van der Waals surface area (Å²) in [4.78, 5) is 15.3. The summed E-state index contributed by atoms with van der Waals surface area (Å²) in [5.74, 6) is 0.317. The van der Waals surface area contributed by atoms with Crippen LogP contribution < -0.4 is 0 Å². The van der Waals surface area contributed by atoms with Crippen LogP contribution in [0.25, 0.3) is 0 Å². The lowest BCUT2D eigenvalue weighted by Crippen LogP contribution is -2.13. The fourth-order valence-corrected chi connectivity index (χ4v) is 1.18. The zero-order valence-electron chi connectivity index (χ0n) is 7.41. The van der Waals surface area contributed by atoms with E-state index in [0.29, 0.717) is 0 Å². The van der Waals surface area contributed by atoms with Gasteiger partial charge in [-0.3, -0.25) is 4.79 Å². The third-order valence-electron chi connectivity index (χ3n) is 2.00. The first kappa shape index (κ1) is 8.97. The van der Waals surface area contributed by atoms with Gasteiger partial charge in [-0.2, -0.15) is 0 Å². The maximum Gasteiger partial charge on any atom is 0.263 e. The molecule has 0 aromatic carbocycles. The minimum atomic E-state index is 0.0185. The molecule has 0 aliphatic carbocycles. The van der Waals surface area contributed by atoms with E-state index in [1.54, 1.807) is 0 Å². The third-order valence-corrected chi connectivity index (χ3v) is 2.00. The molecule has 0 unspecified atom stereocenters. The minimum absolute atomic E-state index is 0.0185. The Morgan fingerprint density at radius 2 is 2.25 bits per heavy atom. The molecule has 3 heteroatoms. The molecule has 66 valence electrons. The fourth-order valence-electron chi connectivity index (χ4n) is 1.18. The molecule has 0 atom stereocenters. The molecule has 0 bridgehead atoms. The Kier molecular flexibility index (Phi) is 3.02. The summed E-state index contributed by atoms with van der Waals surface area (Å²) in [6.07, 6.45) is 4.61. The van der Waals surface area contributed by atoms with E-state index in [1.807, 2.05) is 13.8 Å². The maximum absolute atomic E-state index is 11.5. The van der Waals surface area contributed by atoms with Crippen molar-refractivity contribution in [3.05, 3.63) is 18.4 Å². The number of hydrogen-bond donors (Lipinski definition) is 0. The highest BCUT2D eigenvalue weighted by Gasteiger charge is 2.19. The van der Waals surface area contributed by atoms with Crippen LogP contribution in [0.4, 0.5) is 0 Å². The molecule has 1 aromatic heterocycles. The van der Waals surface area contributed by atoms with Gasteiger partial charge in [-0.15, -0.1) is 0 Å². The van der Waals surface area contributed by atoms with Crippen molar-refractivity contribution in [2.45, 2.75) is 26.7 Å². The average Bonchev–Trinajstić information content (AvgIpc) is 2.58. The van der Waals surface area contributed by atoms with Crippen molar-refractivity contribution in [1.82, 2.24) is 4.98 Å². The number of hydrogen-bond acceptors (Lipinski definition) is 3. The van der Waals surface area contributed by atoms with Crippen molar-refractivity contribution in [1.29, 1.82) is 0 Å². The Morgan fingerprint density at radius 1 is 1.58 bits per heavy atom. The van der Waals surface area contributed by atoms with Crippen molar-refractivity contribution < 1.29 is 9.21 Å². The molecule has 1 heterocycles. The number of carbonyl (C=O) groups is 1. The molecule has 1 aromatic rings. The van der Waals surface area contributed by atoms with Crippen LogP contribution in [0, 0.1) is 5.92 Å². The zero-order valence-corrected chi connectivity index (χ0v) is 7.41. The van der Waals surface area contributed by atoms with Gasteiger partial charge in [-0.05, 0) is 12.8 Å². The van der Waals surface area contributed by atoms with E-state index in [2.05, 4.69) is 4.98 Å². The molecule has 0 aliphatic rings. The topological polar surface area (TPSA) is 43.1 Å². The zero-order chi connectivity index (χ0) is 8.97. The summed E-state index contributed by atoms with van der Waals surface area (Å²) in [5.41, 5.74) is 0. The standard InChI is InChI=1S/C9H13NO2/c1-3-7(4-2)8(11)9-10-5-6-12-9/h5-7H,3-4H2,1-2H3. The highest BCUT2D eigenvalue weighted by Crippen LogP contribution is 2.13. The van der Waals surface area contributed by atoms with Crippen molar-refractivity contribution >= 4 is 5.78 Å². The molecule has 0 radical (unpaired) electrons. The van der Waals surface area contributed by atoms with Crippen LogP contribution in [0.15, 0.2) is 16.9 Å². The molecule has 0 spiro atoms. The van der Waals surface area contributed by atoms with E-state index in [9.17, 15) is 4.79 Å². The molecule has 12 heavy (non-hydrogen) atoms. The number of aromatic nitrogens is 1. The van der Waals surface area contributed by atoms with Crippen LogP contribution in [0.3, 0.4) is 0 Å². The normalized spacial score (nSPS) is 10.6. The van der Waals surface area contributed by atoms with E-state index in [4.69, 9.17) is 4.42 Å². The van der Waals surface area contributed by atoms with Crippen LogP contribution in [0.1, 0.15) is 37.4 Å². The highest BCUT2D eigenvalue weighted by atomic mass is 16.3. The van der Waals surface area contributed by atoms with Crippen LogP contribution in [-0.2, 0) is 0 Å². The smallest absolute Gasteiger partial charge is 0.263 e. The lowest BCUT2D eigenvalue weighted by Gasteiger charge is -2.06. The first-order chi connectivity index (χ1) is 5.79. The molecule has 0 N–H and O–H groups in total. The van der Waals surface area contributed by atoms with Gasteiger partial charge >= 0.3 is 0 Å². The van der Waals surface area contributed by atoms with Crippen LogP contribution in [-0.4, -0.2) is 10.8 Å². The van der Waals surface area contributed by atoms with Gasteiger partial charge in [-0.1, -0.05) is 13.8 Å². The van der Waals surface area contributed by atoms with Crippen LogP contribution in [0.2, 0.25) is 0 Å². The average molecular weight is 167 g/mol. The van der Waals surface area contributed by atoms with E-state index >= 15 is 0 Å². The van der Waals surface area contributed by atoms with Crippen molar-refractivity contribution in [2.24, 2.45) is 5.92 Å². The van der Waals surface area contributed by atoms with Gasteiger partial charge in [0, 0.05) is 5.92 Å². The van der Waals surface area contributed by atoms with Crippen molar-refractivity contribution in [3.8, 4) is 0 Å². The number of oxazole rings is 1. The molecule has 0 aliphatic heterocycles. The second-order valence-corrected chi connectivity index (χ2v) is 2.71. The predicted octanol–water partition coefficient (Wildman–Crippen LogP) is 2.29. The van der Waals surface area contributed by atoms with Gasteiger partial charge in [0.25, 0.3) is 5.89 Å². The van der Waals surface area contributed by atoms with Crippen molar-refractivity contribution in [2.75, 3.05) is 0 Å². The Labute approximate surface area is 71.8 Å². The molecule has 0 saturated carbocycles. The van der Waals surface area contributed by atoms with Gasteiger partial charge in [0.05, 0.1) is 6.20 Å². The van der Waals surface area contributed by atoms with Gasteiger partial charge < -0.3 is 4.42 Å². The van der Waals surface area contributed by atoms with Gasteiger partial charge in [0.15, 0.2) is 0 Å². The fraction of sp³-hybridized carbons (Fsp3) is 0.556. The van der Waals surface area contributed by atoms with Gasteiger partial charge in [0.2, 0.25) is 5.78 Å². The van der Waals surface area contributed by atoms with E-state index in [0.717, 1.165) is 12.8 Å². The number of ketones is 1. The first-order valence-corrected chi connectivity index (χ1v) is 4.23. The summed E-state index contributed by atoms with van der Waals surface area (Å²) in [5, 5.41) is 0. The number of carbonyl (C=O) groups excluding carboxylic acids is 1. The Balaban J connectivity index is 2.70. The molecule has 1 rings (SSSR count). The summed E-state index contributed by atoms with van der Waals surface area (Å²) in [7, 11) is 0. The molecule has 0 amide bonds. The molecule has 0 fully saturated rings. The lowest BCUT2D eigenvalue weighted by molar-refractivity contribution is 0.0877. The molecular weight excluding hydrogens is 154 g/mol. The quantitative estimate of drug-likeness (QED) is 0.646. The van der Waals surface area contributed by atoms with Crippen LogP contribution in [0.5, 0.6) is 0 Å². The molecule has 0 saturated heterocycles. The second kappa shape index (κ2) is 4.04. The summed E-state index contributed by atoms with van der Waals surface area (Å²) in [6.45, 7) is 3.99. The maximum atomic E-state index is 11.5. The number of Topliss-reactive ketones (excluding diaryl/α,β-unsaturated/α-hetero) is 1. The van der Waals surface area contributed by atoms with Crippen LogP contribution >= 0.6 is 0 Å². The summed E-state index contributed by atoms with van der Waals surface area (Å²) in [6, 6.07) is 0. The second-order valence-electron chi connectivity index (χ2n) is 2.71. The van der Waals surface area contributed by atoms with Gasteiger partial charge in [-0.25, -0.2) is 4.98 Å². The first-order valence-electron chi connectivity index (χ1n) is 4.23. The van der Waals surface area contributed by atoms with Gasteiger partial charge in [0.1, 0.15) is 6.26 Å². The summed E-state index contributed by atoms with van der Waals surface area (Å²) >= 11 is 0. The van der Waals surface area contributed by atoms with Crippen molar-refractivity contribution in [3.63, 3.8) is 0 Å². The Morgan fingerprint density at radius 3 is 2.67 bits per heavy atom. The molecular formula is C9H13NO2. The largest absolute Gasteiger partial charge is 0.442 e. The predicted molar refractivity (Wildman–Crippen MR) is 44.9 cm³/mol. The number of nitrogens with zero attached hydrogens (tertiary/aromatic N) is 1. The Bertz CT molecular complexity index is 237. The monoisotopic (exact) mass is 167 g/mol. The van der Waals surface area contributed by atoms with E-state index in [1.165, 1.54) is 12.5 Å². The third kappa shape index (κ3) is 1.72. The van der Waals surface area contributed by atoms with E-state index in [-0.39, 0.29) is 17.6 Å². The number of rotatable bonds is 4.